The summed E-state index contributed by atoms with van der Waals surface area (Å²) < 4.78 is 38.8. The van der Waals surface area contributed by atoms with Gasteiger partial charge in [0, 0.05) is 23.0 Å². The maximum Gasteiger partial charge on any atom is 0.341 e. The molecule has 2 heterocycles. The molecule has 202 valence electrons. The van der Waals surface area contributed by atoms with Gasteiger partial charge in [0.25, 0.3) is 10.0 Å². The van der Waals surface area contributed by atoms with Crippen molar-refractivity contribution < 1.29 is 27.5 Å². The fraction of sp³-hybridized carbons (Fsp3) is 0.308. The molecule has 0 saturated carbocycles. The summed E-state index contributed by atoms with van der Waals surface area (Å²) in [7, 11) is -0.874. The lowest BCUT2D eigenvalue weighted by Gasteiger charge is -2.24. The molecule has 9 nitrogen and oxygen atoms in total. The van der Waals surface area contributed by atoms with Gasteiger partial charge in [-0.05, 0) is 74.5 Å². The molecule has 2 aromatic carbocycles. The van der Waals surface area contributed by atoms with Crippen molar-refractivity contribution in [2.45, 2.75) is 24.8 Å². The van der Waals surface area contributed by atoms with Crippen molar-refractivity contribution in [1.29, 1.82) is 0 Å². The minimum atomic E-state index is -4.15. The van der Waals surface area contributed by atoms with Gasteiger partial charge in [0.15, 0.2) is 0 Å². The van der Waals surface area contributed by atoms with E-state index in [2.05, 4.69) is 10.2 Å². The van der Waals surface area contributed by atoms with Crippen LogP contribution in [0.1, 0.15) is 27.7 Å². The fourth-order valence-corrected chi connectivity index (χ4v) is 7.04. The zero-order chi connectivity index (χ0) is 27.4. The predicted molar refractivity (Wildman–Crippen MR) is 148 cm³/mol. The number of carbonyl (C=O) groups excluding carboxylic acids is 2. The number of methoxy groups -OCH3 is 1. The van der Waals surface area contributed by atoms with Crippen LogP contribution in [0.3, 0.4) is 0 Å². The molecule has 0 atom stereocenters. The van der Waals surface area contributed by atoms with Crippen LogP contribution in [0.5, 0.6) is 5.75 Å². The second-order valence-electron chi connectivity index (χ2n) is 8.63. The second-order valence-corrected chi connectivity index (χ2v) is 12.0. The van der Waals surface area contributed by atoms with Crippen molar-refractivity contribution in [2.24, 2.45) is 0 Å². The first kappa shape index (κ1) is 27.9. The number of nitrogens with zero attached hydrogens (tertiary/aromatic N) is 2. The summed E-state index contributed by atoms with van der Waals surface area (Å²) in [5.74, 6) is -0.575. The molecule has 0 bridgehead atoms. The summed E-state index contributed by atoms with van der Waals surface area (Å²) in [4.78, 5) is 29.0. The normalized spacial score (nSPS) is 13.5. The molecule has 1 aliphatic rings. The van der Waals surface area contributed by atoms with E-state index in [0.29, 0.717) is 40.9 Å². The van der Waals surface area contributed by atoms with Crippen LogP contribution in [0.2, 0.25) is 5.02 Å². The number of hydrogen-bond donors (Lipinski definition) is 1. The van der Waals surface area contributed by atoms with E-state index < -0.39 is 28.4 Å². The molecular weight excluding hydrogens is 550 g/mol. The first-order valence-corrected chi connectivity index (χ1v) is 14.5. The van der Waals surface area contributed by atoms with Crippen LogP contribution >= 0.6 is 22.9 Å². The molecule has 4 rings (SSSR count). The zero-order valence-electron chi connectivity index (χ0n) is 21.2. The Kier molecular flexibility index (Phi) is 8.61. The Morgan fingerprint density at radius 1 is 1.13 bits per heavy atom. The van der Waals surface area contributed by atoms with Crippen LogP contribution in [0.15, 0.2) is 53.4 Å². The van der Waals surface area contributed by atoms with Gasteiger partial charge in [-0.15, -0.1) is 11.3 Å². The van der Waals surface area contributed by atoms with Gasteiger partial charge < -0.3 is 19.7 Å². The standard InChI is InChI=1S/C26H28ClN3O6S2/c1-4-36-19-9-7-18(8-10-19)30(38(33,34)20-11-5-17(27)6-12-20)16-23(31)28-25-24(26(32)35-3)21-13-14-29(2)15-22(21)37-25/h5-12H,4,13-16H2,1-3H3,(H,28,31). The molecule has 1 amide bonds. The quantitative estimate of drug-likeness (QED) is 0.376. The molecule has 0 fully saturated rings. The topological polar surface area (TPSA) is 105 Å². The number of rotatable bonds is 9. The third-order valence-corrected chi connectivity index (χ3v) is 9.19. The zero-order valence-corrected chi connectivity index (χ0v) is 23.6. The number of hydrogen-bond acceptors (Lipinski definition) is 8. The first-order valence-electron chi connectivity index (χ1n) is 11.9. The summed E-state index contributed by atoms with van der Waals surface area (Å²) in [6.45, 7) is 3.19. The lowest BCUT2D eigenvalue weighted by molar-refractivity contribution is -0.114. The number of halogens is 1. The summed E-state index contributed by atoms with van der Waals surface area (Å²) in [6.07, 6.45) is 0.645. The van der Waals surface area contributed by atoms with Gasteiger partial charge in [-0.3, -0.25) is 9.10 Å². The highest BCUT2D eigenvalue weighted by Crippen LogP contribution is 2.37. The van der Waals surface area contributed by atoms with E-state index in [1.54, 1.807) is 24.3 Å². The number of amides is 1. The number of anilines is 2. The van der Waals surface area contributed by atoms with Crippen LogP contribution in [-0.2, 0) is 32.5 Å². The van der Waals surface area contributed by atoms with Gasteiger partial charge in [-0.25, -0.2) is 13.2 Å². The molecule has 1 aromatic heterocycles. The van der Waals surface area contributed by atoms with Gasteiger partial charge >= 0.3 is 5.97 Å². The highest BCUT2D eigenvalue weighted by Gasteiger charge is 2.31. The monoisotopic (exact) mass is 577 g/mol. The molecule has 0 saturated heterocycles. The first-order chi connectivity index (χ1) is 18.1. The van der Waals surface area contributed by atoms with E-state index in [0.717, 1.165) is 21.3 Å². The van der Waals surface area contributed by atoms with E-state index >= 15 is 0 Å². The average molecular weight is 578 g/mol. The van der Waals surface area contributed by atoms with Gasteiger partial charge in [-0.2, -0.15) is 0 Å². The molecule has 0 aliphatic carbocycles. The molecule has 0 unspecified atom stereocenters. The van der Waals surface area contributed by atoms with Crippen LogP contribution in [0.25, 0.3) is 0 Å². The SMILES string of the molecule is CCOc1ccc(N(CC(=O)Nc2sc3c(c2C(=O)OC)CCN(C)C3)S(=O)(=O)c2ccc(Cl)cc2)cc1. The third kappa shape index (κ3) is 5.96. The van der Waals surface area contributed by atoms with Crippen molar-refractivity contribution in [3.05, 3.63) is 69.6 Å². The van der Waals surface area contributed by atoms with Crippen molar-refractivity contribution in [3.63, 3.8) is 0 Å². The number of benzene rings is 2. The summed E-state index contributed by atoms with van der Waals surface area (Å²) in [5.41, 5.74) is 1.45. The number of carbonyl (C=O) groups is 2. The Hall–Kier alpha value is -3.12. The van der Waals surface area contributed by atoms with E-state index in [9.17, 15) is 18.0 Å². The lowest BCUT2D eigenvalue weighted by Crippen LogP contribution is -2.38. The Labute approximate surface area is 231 Å². The Morgan fingerprint density at radius 2 is 1.82 bits per heavy atom. The predicted octanol–water partition coefficient (Wildman–Crippen LogP) is 4.41. The average Bonchev–Trinajstić information content (AvgIpc) is 3.24. The fourth-order valence-electron chi connectivity index (χ4n) is 4.16. The Bertz CT molecular complexity index is 1420. The highest BCUT2D eigenvalue weighted by atomic mass is 35.5. The van der Waals surface area contributed by atoms with Crippen molar-refractivity contribution in [3.8, 4) is 5.75 Å². The summed E-state index contributed by atoms with van der Waals surface area (Å²) >= 11 is 7.26. The van der Waals surface area contributed by atoms with Crippen molar-refractivity contribution in [1.82, 2.24) is 4.90 Å². The Balaban J connectivity index is 1.67. The van der Waals surface area contributed by atoms with E-state index in [4.69, 9.17) is 21.1 Å². The minimum Gasteiger partial charge on any atom is -0.494 e. The maximum absolute atomic E-state index is 13.7. The molecular formula is C26H28ClN3O6S2. The molecule has 1 N–H and O–H groups in total. The Morgan fingerprint density at radius 3 is 2.45 bits per heavy atom. The van der Waals surface area contributed by atoms with Crippen molar-refractivity contribution in [2.75, 3.05) is 43.5 Å². The molecule has 0 spiro atoms. The van der Waals surface area contributed by atoms with Crippen LogP contribution in [-0.4, -0.2) is 59.0 Å². The number of sulfonamides is 1. The smallest absolute Gasteiger partial charge is 0.341 e. The van der Waals surface area contributed by atoms with Gasteiger partial charge in [0.1, 0.15) is 17.3 Å². The summed E-state index contributed by atoms with van der Waals surface area (Å²) in [5, 5.41) is 3.50. The maximum atomic E-state index is 13.7. The largest absolute Gasteiger partial charge is 0.494 e. The minimum absolute atomic E-state index is 0.0199. The van der Waals surface area contributed by atoms with Crippen LogP contribution in [0.4, 0.5) is 10.7 Å². The number of esters is 1. The molecule has 38 heavy (non-hydrogen) atoms. The lowest BCUT2D eigenvalue weighted by atomic mass is 10.0. The van der Waals surface area contributed by atoms with Crippen LogP contribution in [0, 0.1) is 0 Å². The number of thiophene rings is 1. The highest BCUT2D eigenvalue weighted by molar-refractivity contribution is 7.92. The van der Waals surface area contributed by atoms with Crippen molar-refractivity contribution >= 4 is 55.5 Å². The number of nitrogens with one attached hydrogen (secondary N) is 1. The summed E-state index contributed by atoms with van der Waals surface area (Å²) in [6, 6.07) is 12.1. The molecule has 1 aliphatic heterocycles. The van der Waals surface area contributed by atoms with Gasteiger partial charge in [-0.1, -0.05) is 11.6 Å². The van der Waals surface area contributed by atoms with Crippen LogP contribution < -0.4 is 14.4 Å². The van der Waals surface area contributed by atoms with E-state index in [1.165, 1.54) is 42.7 Å². The number of likely N-dealkylation sites (N-methyl/N-ethyl adjacent to an activating group) is 1. The third-order valence-electron chi connectivity index (χ3n) is 6.01. The van der Waals surface area contributed by atoms with Gasteiger partial charge in [0.2, 0.25) is 5.91 Å². The second kappa shape index (κ2) is 11.7. The molecule has 3 aromatic rings. The molecule has 0 radical (unpaired) electrons. The number of ether oxygens (including phenoxy) is 2. The molecule has 12 heteroatoms. The van der Waals surface area contributed by atoms with E-state index in [1.807, 2.05) is 14.0 Å². The van der Waals surface area contributed by atoms with Gasteiger partial charge in [0.05, 0.1) is 29.9 Å². The number of fused-ring (bicyclic) bond motifs is 1. The van der Waals surface area contributed by atoms with E-state index in [-0.39, 0.29) is 10.6 Å².